The number of hydrazine groups is 1. The molecular formula is C14H23N3O3. The second-order valence-electron chi connectivity index (χ2n) is 4.51. The number of benzene rings is 1. The van der Waals surface area contributed by atoms with Crippen molar-refractivity contribution < 1.29 is 14.6 Å². The molecule has 1 amide bonds. The van der Waals surface area contributed by atoms with Crippen molar-refractivity contribution in [2.24, 2.45) is 5.84 Å². The van der Waals surface area contributed by atoms with Crippen LogP contribution in [0.25, 0.3) is 0 Å². The van der Waals surface area contributed by atoms with Crippen molar-refractivity contribution in [2.45, 2.75) is 13.0 Å². The van der Waals surface area contributed by atoms with Gasteiger partial charge in [0.15, 0.2) is 0 Å². The SMILES string of the molecule is COCCN(CCO)Cc1ccccc1CC(=O)NN. The smallest absolute Gasteiger partial charge is 0.238 e. The van der Waals surface area contributed by atoms with Crippen LogP contribution in [0, 0.1) is 0 Å². The number of carbonyl (C=O) groups excluding carboxylic acids is 1. The summed E-state index contributed by atoms with van der Waals surface area (Å²) < 4.78 is 5.06. The molecule has 6 heteroatoms. The molecule has 0 fully saturated rings. The molecule has 0 radical (unpaired) electrons. The first-order valence-electron chi connectivity index (χ1n) is 6.59. The molecule has 0 aliphatic rings. The topological polar surface area (TPSA) is 87.8 Å². The molecule has 1 aromatic rings. The van der Waals surface area contributed by atoms with Crippen LogP contribution in [0.5, 0.6) is 0 Å². The van der Waals surface area contributed by atoms with Crippen LogP contribution in [-0.2, 0) is 22.5 Å². The molecule has 20 heavy (non-hydrogen) atoms. The first kappa shape index (κ1) is 16.6. The lowest BCUT2D eigenvalue weighted by Gasteiger charge is -2.22. The Balaban J connectivity index is 2.75. The minimum absolute atomic E-state index is 0.0924. The Bertz CT molecular complexity index is 412. The Labute approximate surface area is 119 Å². The highest BCUT2D eigenvalue weighted by Crippen LogP contribution is 2.12. The minimum atomic E-state index is -0.219. The third-order valence-electron chi connectivity index (χ3n) is 3.05. The van der Waals surface area contributed by atoms with E-state index in [-0.39, 0.29) is 18.9 Å². The Morgan fingerprint density at radius 1 is 1.35 bits per heavy atom. The summed E-state index contributed by atoms with van der Waals surface area (Å²) in [5.41, 5.74) is 4.14. The molecular weight excluding hydrogens is 258 g/mol. The first-order valence-corrected chi connectivity index (χ1v) is 6.59. The number of ether oxygens (including phenoxy) is 1. The molecule has 0 spiro atoms. The Kier molecular flexibility index (Phi) is 7.82. The average molecular weight is 281 g/mol. The van der Waals surface area contributed by atoms with E-state index in [1.54, 1.807) is 7.11 Å². The zero-order valence-electron chi connectivity index (χ0n) is 11.8. The first-order chi connectivity index (χ1) is 9.71. The molecule has 1 aromatic carbocycles. The van der Waals surface area contributed by atoms with Gasteiger partial charge in [0.1, 0.15) is 0 Å². The van der Waals surface area contributed by atoms with Crippen molar-refractivity contribution in [3.05, 3.63) is 35.4 Å². The molecule has 0 bridgehead atoms. The lowest BCUT2D eigenvalue weighted by Crippen LogP contribution is -2.33. The fourth-order valence-electron chi connectivity index (χ4n) is 1.98. The monoisotopic (exact) mass is 281 g/mol. The summed E-state index contributed by atoms with van der Waals surface area (Å²) in [4.78, 5) is 13.5. The predicted octanol–water partition coefficient (Wildman–Crippen LogP) is -0.340. The lowest BCUT2D eigenvalue weighted by atomic mass is 10.0. The Morgan fingerprint density at radius 3 is 2.65 bits per heavy atom. The molecule has 6 nitrogen and oxygen atoms in total. The van der Waals surface area contributed by atoms with Gasteiger partial charge in [-0.2, -0.15) is 0 Å². The van der Waals surface area contributed by atoms with E-state index < -0.39 is 0 Å². The maximum absolute atomic E-state index is 11.4. The van der Waals surface area contributed by atoms with Crippen molar-refractivity contribution in [3.8, 4) is 0 Å². The van der Waals surface area contributed by atoms with E-state index in [2.05, 4.69) is 10.3 Å². The molecule has 0 saturated carbocycles. The highest BCUT2D eigenvalue weighted by atomic mass is 16.5. The third kappa shape index (κ3) is 5.66. The molecule has 0 aromatic heterocycles. The molecule has 4 N–H and O–H groups in total. The average Bonchev–Trinajstić information content (AvgIpc) is 2.46. The summed E-state index contributed by atoms with van der Waals surface area (Å²) >= 11 is 0. The number of hydrogen-bond acceptors (Lipinski definition) is 5. The van der Waals surface area contributed by atoms with E-state index in [1.165, 1.54) is 0 Å². The van der Waals surface area contributed by atoms with E-state index in [0.717, 1.165) is 17.7 Å². The zero-order chi connectivity index (χ0) is 14.8. The van der Waals surface area contributed by atoms with Gasteiger partial charge in [-0.15, -0.1) is 0 Å². The fourth-order valence-corrected chi connectivity index (χ4v) is 1.98. The second kappa shape index (κ2) is 9.44. The highest BCUT2D eigenvalue weighted by molar-refractivity contribution is 5.78. The molecule has 0 aliphatic heterocycles. The molecule has 0 saturated heterocycles. The number of rotatable bonds is 9. The van der Waals surface area contributed by atoms with Crippen LogP contribution in [0.2, 0.25) is 0 Å². The predicted molar refractivity (Wildman–Crippen MR) is 76.7 cm³/mol. The van der Waals surface area contributed by atoms with Crippen molar-refractivity contribution in [1.82, 2.24) is 10.3 Å². The van der Waals surface area contributed by atoms with Crippen LogP contribution >= 0.6 is 0 Å². The summed E-state index contributed by atoms with van der Waals surface area (Å²) in [5, 5.41) is 9.10. The quantitative estimate of drug-likeness (QED) is 0.327. The third-order valence-corrected chi connectivity index (χ3v) is 3.05. The van der Waals surface area contributed by atoms with Crippen LogP contribution in [0.15, 0.2) is 24.3 Å². The van der Waals surface area contributed by atoms with E-state index in [9.17, 15) is 4.79 Å². The van der Waals surface area contributed by atoms with Gasteiger partial charge in [0, 0.05) is 26.7 Å². The Morgan fingerprint density at radius 2 is 2.05 bits per heavy atom. The van der Waals surface area contributed by atoms with Gasteiger partial charge in [0.25, 0.3) is 0 Å². The van der Waals surface area contributed by atoms with Gasteiger partial charge in [-0.3, -0.25) is 15.1 Å². The number of carbonyl (C=O) groups is 1. The molecule has 0 aliphatic carbocycles. The van der Waals surface area contributed by atoms with Gasteiger partial charge in [-0.25, -0.2) is 5.84 Å². The molecule has 0 atom stereocenters. The van der Waals surface area contributed by atoms with Crippen molar-refractivity contribution in [2.75, 3.05) is 33.4 Å². The number of methoxy groups -OCH3 is 1. The maximum atomic E-state index is 11.4. The van der Waals surface area contributed by atoms with E-state index in [4.69, 9.17) is 15.7 Å². The van der Waals surface area contributed by atoms with Crippen molar-refractivity contribution in [1.29, 1.82) is 0 Å². The standard InChI is InChI=1S/C14H23N3O3/c1-20-9-7-17(6-8-18)11-13-5-3-2-4-12(13)10-14(19)16-15/h2-5,18H,6-11,15H2,1H3,(H,16,19). The number of nitrogens with one attached hydrogen (secondary N) is 1. The van der Waals surface area contributed by atoms with E-state index >= 15 is 0 Å². The minimum Gasteiger partial charge on any atom is -0.395 e. The van der Waals surface area contributed by atoms with Gasteiger partial charge in [-0.1, -0.05) is 24.3 Å². The molecule has 0 heterocycles. The summed E-state index contributed by atoms with van der Waals surface area (Å²) in [7, 11) is 1.65. The summed E-state index contributed by atoms with van der Waals surface area (Å²) in [6.07, 6.45) is 0.254. The van der Waals surface area contributed by atoms with E-state index in [0.29, 0.717) is 19.7 Å². The highest BCUT2D eigenvalue weighted by Gasteiger charge is 2.10. The summed E-state index contributed by atoms with van der Waals surface area (Å²) in [6, 6.07) is 7.73. The van der Waals surface area contributed by atoms with Gasteiger partial charge >= 0.3 is 0 Å². The van der Waals surface area contributed by atoms with Crippen molar-refractivity contribution >= 4 is 5.91 Å². The number of amides is 1. The van der Waals surface area contributed by atoms with Crippen LogP contribution in [0.3, 0.4) is 0 Å². The van der Waals surface area contributed by atoms with Crippen molar-refractivity contribution in [3.63, 3.8) is 0 Å². The Hall–Kier alpha value is -1.47. The number of aliphatic hydroxyl groups is 1. The molecule has 112 valence electrons. The maximum Gasteiger partial charge on any atom is 0.238 e. The normalized spacial score (nSPS) is 10.8. The summed E-state index contributed by atoms with van der Waals surface area (Å²) in [5.74, 6) is 4.91. The van der Waals surface area contributed by atoms with Gasteiger partial charge in [0.05, 0.1) is 19.6 Å². The van der Waals surface area contributed by atoms with Crippen LogP contribution < -0.4 is 11.3 Å². The number of aliphatic hydroxyl groups excluding tert-OH is 1. The van der Waals surface area contributed by atoms with Gasteiger partial charge in [-0.05, 0) is 11.1 Å². The lowest BCUT2D eigenvalue weighted by molar-refractivity contribution is -0.120. The van der Waals surface area contributed by atoms with Crippen LogP contribution in [-0.4, -0.2) is 49.3 Å². The zero-order valence-corrected chi connectivity index (χ0v) is 11.8. The number of nitrogens with two attached hydrogens (primary N) is 1. The molecule has 1 rings (SSSR count). The van der Waals surface area contributed by atoms with Gasteiger partial charge < -0.3 is 9.84 Å². The van der Waals surface area contributed by atoms with Crippen LogP contribution in [0.4, 0.5) is 0 Å². The number of hydrogen-bond donors (Lipinski definition) is 3. The summed E-state index contributed by atoms with van der Waals surface area (Å²) in [6.45, 7) is 2.66. The van der Waals surface area contributed by atoms with Crippen LogP contribution in [0.1, 0.15) is 11.1 Å². The second-order valence-corrected chi connectivity index (χ2v) is 4.51. The van der Waals surface area contributed by atoms with Gasteiger partial charge in [0.2, 0.25) is 5.91 Å². The molecule has 0 unspecified atom stereocenters. The van der Waals surface area contributed by atoms with E-state index in [1.807, 2.05) is 24.3 Å². The fraction of sp³-hybridized carbons (Fsp3) is 0.500. The largest absolute Gasteiger partial charge is 0.395 e. The number of nitrogens with zero attached hydrogens (tertiary/aromatic N) is 1.